The Balaban J connectivity index is 1.22. The van der Waals surface area contributed by atoms with Crippen LogP contribution in [0.4, 0.5) is 10.5 Å². The molecule has 2 aromatic heterocycles. The van der Waals surface area contributed by atoms with E-state index in [-0.39, 0.29) is 24.6 Å². The van der Waals surface area contributed by atoms with Gasteiger partial charge in [-0.25, -0.2) is 14.8 Å². The first-order chi connectivity index (χ1) is 20.1. The normalized spacial score (nSPS) is 13.0. The molecule has 12 nitrogen and oxygen atoms in total. The summed E-state index contributed by atoms with van der Waals surface area (Å²) in [5.41, 5.74) is 1.57. The maximum atomic E-state index is 12.8. The molecule has 4 aromatic rings. The van der Waals surface area contributed by atoms with Gasteiger partial charge in [0.05, 0.1) is 37.5 Å². The lowest BCUT2D eigenvalue weighted by atomic mass is 10.2. The molecule has 1 N–H and O–H groups in total. The number of aromatic nitrogens is 4. The fourth-order valence-corrected chi connectivity index (χ4v) is 4.38. The summed E-state index contributed by atoms with van der Waals surface area (Å²) in [5, 5.41) is 7.78. The van der Waals surface area contributed by atoms with Gasteiger partial charge in [-0.05, 0) is 57.4 Å². The Morgan fingerprint density at radius 3 is 2.55 bits per heavy atom. The predicted molar refractivity (Wildman–Crippen MR) is 155 cm³/mol. The highest BCUT2D eigenvalue weighted by Crippen LogP contribution is 2.35. The molecule has 0 aliphatic heterocycles. The van der Waals surface area contributed by atoms with E-state index in [9.17, 15) is 9.59 Å². The molecule has 0 unspecified atom stereocenters. The molecule has 2 amide bonds. The van der Waals surface area contributed by atoms with E-state index < -0.39 is 5.60 Å². The van der Waals surface area contributed by atoms with Crippen molar-refractivity contribution in [2.24, 2.45) is 0 Å². The zero-order valence-electron chi connectivity index (χ0n) is 24.3. The highest BCUT2D eigenvalue weighted by atomic mass is 16.6. The van der Waals surface area contributed by atoms with E-state index in [0.717, 1.165) is 18.4 Å². The highest BCUT2D eigenvalue weighted by molar-refractivity contribution is 5.90. The van der Waals surface area contributed by atoms with Gasteiger partial charge in [0.25, 0.3) is 0 Å². The summed E-state index contributed by atoms with van der Waals surface area (Å²) in [4.78, 5) is 35.9. The molecule has 1 saturated carbocycles. The van der Waals surface area contributed by atoms with E-state index in [0.29, 0.717) is 46.3 Å². The van der Waals surface area contributed by atoms with E-state index >= 15 is 0 Å². The maximum Gasteiger partial charge on any atom is 0.410 e. The van der Waals surface area contributed by atoms with Gasteiger partial charge in [-0.3, -0.25) is 9.48 Å². The van der Waals surface area contributed by atoms with Crippen molar-refractivity contribution in [1.29, 1.82) is 0 Å². The second kappa shape index (κ2) is 11.9. The van der Waals surface area contributed by atoms with E-state index in [1.54, 1.807) is 43.5 Å². The molecule has 0 atom stereocenters. The number of nitrogens with one attached hydrogen (secondary N) is 1. The van der Waals surface area contributed by atoms with Crippen LogP contribution in [-0.2, 0) is 22.6 Å². The summed E-state index contributed by atoms with van der Waals surface area (Å²) in [7, 11) is 3.10. The van der Waals surface area contributed by atoms with Gasteiger partial charge in [0.2, 0.25) is 11.8 Å². The Morgan fingerprint density at radius 2 is 1.83 bits per heavy atom. The van der Waals surface area contributed by atoms with E-state index in [2.05, 4.69) is 20.4 Å². The van der Waals surface area contributed by atoms with Crippen molar-refractivity contribution in [3.63, 3.8) is 0 Å². The first-order valence-electron chi connectivity index (χ1n) is 13.6. The Morgan fingerprint density at radius 1 is 1.07 bits per heavy atom. The lowest BCUT2D eigenvalue weighted by Gasteiger charge is -2.27. The average molecular weight is 575 g/mol. The van der Waals surface area contributed by atoms with Crippen molar-refractivity contribution in [2.45, 2.75) is 58.3 Å². The SMILES string of the molecule is COc1cc2ncnc(Oc3cnn(CC(=O)Nc4cccc(CN(C(=O)OC(C)(C)C)C5CC5)c4)c3)c2cc1OC. The third-order valence-electron chi connectivity index (χ3n) is 6.41. The molecule has 1 fully saturated rings. The number of rotatable bonds is 10. The fourth-order valence-electron chi connectivity index (χ4n) is 4.38. The number of hydrogen-bond donors (Lipinski definition) is 1. The zero-order chi connectivity index (χ0) is 29.9. The van der Waals surface area contributed by atoms with Crippen molar-refractivity contribution < 1.29 is 28.5 Å². The average Bonchev–Trinajstić information content (AvgIpc) is 3.69. The number of nitrogens with zero attached hydrogens (tertiary/aromatic N) is 5. The summed E-state index contributed by atoms with van der Waals surface area (Å²) in [6, 6.07) is 11.1. The zero-order valence-corrected chi connectivity index (χ0v) is 24.3. The molecule has 2 aromatic carbocycles. The summed E-state index contributed by atoms with van der Waals surface area (Å²) >= 11 is 0. The number of hydrogen-bond acceptors (Lipinski definition) is 9. The van der Waals surface area contributed by atoms with Crippen molar-refractivity contribution in [1.82, 2.24) is 24.6 Å². The fraction of sp³-hybridized carbons (Fsp3) is 0.367. The van der Waals surface area contributed by atoms with Crippen molar-refractivity contribution in [3.05, 3.63) is 60.7 Å². The lowest BCUT2D eigenvalue weighted by Crippen LogP contribution is -2.37. The van der Waals surface area contributed by atoms with Crippen LogP contribution in [0.15, 0.2) is 55.1 Å². The molecule has 0 bridgehead atoms. The quantitative estimate of drug-likeness (QED) is 0.272. The van der Waals surface area contributed by atoms with Gasteiger partial charge in [-0.1, -0.05) is 12.1 Å². The van der Waals surface area contributed by atoms with Crippen LogP contribution in [0.3, 0.4) is 0 Å². The number of fused-ring (bicyclic) bond motifs is 1. The molecule has 0 radical (unpaired) electrons. The van der Waals surface area contributed by atoms with Gasteiger partial charge in [0.15, 0.2) is 17.2 Å². The molecule has 220 valence electrons. The van der Waals surface area contributed by atoms with E-state index in [1.165, 1.54) is 17.2 Å². The topological polar surface area (TPSA) is 130 Å². The van der Waals surface area contributed by atoms with Crippen LogP contribution < -0.4 is 19.5 Å². The molecular formula is C30H34N6O6. The van der Waals surface area contributed by atoms with Gasteiger partial charge in [0.1, 0.15) is 18.5 Å². The third-order valence-corrected chi connectivity index (χ3v) is 6.41. The first kappa shape index (κ1) is 28.7. The number of amides is 2. The summed E-state index contributed by atoms with van der Waals surface area (Å²) in [6.07, 6.45) is 6.10. The third kappa shape index (κ3) is 7.06. The van der Waals surface area contributed by atoms with Crippen LogP contribution in [0.25, 0.3) is 10.9 Å². The number of benzene rings is 2. The Labute approximate surface area is 243 Å². The molecule has 1 aliphatic carbocycles. The largest absolute Gasteiger partial charge is 0.493 e. The van der Waals surface area contributed by atoms with Crippen LogP contribution >= 0.6 is 0 Å². The standard InChI is InChI=1S/C30H34N6O6/c1-30(2,3)42-29(38)36(21-9-10-21)15-19-7-6-8-20(11-19)34-27(37)17-35-16-22(14-33-35)41-28-23-12-25(39-4)26(40-5)13-24(23)31-18-32-28/h6-8,11-14,16,18,21H,9-10,15,17H2,1-5H3,(H,34,37). The molecule has 0 spiro atoms. The van der Waals surface area contributed by atoms with E-state index in [4.69, 9.17) is 18.9 Å². The van der Waals surface area contributed by atoms with Crippen LogP contribution in [-0.4, -0.2) is 62.5 Å². The Hall–Kier alpha value is -4.87. The second-order valence-corrected chi connectivity index (χ2v) is 11.0. The van der Waals surface area contributed by atoms with Gasteiger partial charge in [-0.2, -0.15) is 5.10 Å². The molecule has 0 saturated heterocycles. The second-order valence-electron chi connectivity index (χ2n) is 11.0. The lowest BCUT2D eigenvalue weighted by molar-refractivity contribution is -0.116. The van der Waals surface area contributed by atoms with Gasteiger partial charge in [-0.15, -0.1) is 0 Å². The number of ether oxygens (including phenoxy) is 4. The van der Waals surface area contributed by atoms with Gasteiger partial charge >= 0.3 is 6.09 Å². The summed E-state index contributed by atoms with van der Waals surface area (Å²) in [6.45, 7) is 5.93. The Kier molecular flexibility index (Phi) is 8.14. The molecule has 2 heterocycles. The number of anilines is 1. The minimum Gasteiger partial charge on any atom is -0.493 e. The summed E-state index contributed by atoms with van der Waals surface area (Å²) < 4.78 is 23.8. The van der Waals surface area contributed by atoms with Crippen LogP contribution in [0.1, 0.15) is 39.2 Å². The van der Waals surface area contributed by atoms with Crippen LogP contribution in [0, 0.1) is 0 Å². The van der Waals surface area contributed by atoms with Crippen LogP contribution in [0.5, 0.6) is 23.1 Å². The predicted octanol–water partition coefficient (Wildman–Crippen LogP) is 5.17. The monoisotopic (exact) mass is 574 g/mol. The Bertz CT molecular complexity index is 1590. The van der Waals surface area contributed by atoms with Gasteiger partial charge in [0, 0.05) is 24.3 Å². The van der Waals surface area contributed by atoms with Crippen LogP contribution in [0.2, 0.25) is 0 Å². The minimum absolute atomic E-state index is 0.0325. The maximum absolute atomic E-state index is 12.8. The molecule has 5 rings (SSSR count). The smallest absolute Gasteiger partial charge is 0.410 e. The molecular weight excluding hydrogens is 540 g/mol. The number of carbonyl (C=O) groups excluding carboxylic acids is 2. The number of carbonyl (C=O) groups is 2. The molecule has 1 aliphatic rings. The minimum atomic E-state index is -0.568. The van der Waals surface area contributed by atoms with Crippen molar-refractivity contribution in [2.75, 3.05) is 19.5 Å². The van der Waals surface area contributed by atoms with Crippen molar-refractivity contribution >= 4 is 28.6 Å². The summed E-state index contributed by atoms with van der Waals surface area (Å²) in [5.74, 6) is 1.51. The number of methoxy groups -OCH3 is 2. The van der Waals surface area contributed by atoms with Crippen molar-refractivity contribution in [3.8, 4) is 23.1 Å². The van der Waals surface area contributed by atoms with Gasteiger partial charge < -0.3 is 29.2 Å². The van der Waals surface area contributed by atoms with E-state index in [1.807, 2.05) is 39.0 Å². The first-order valence-corrected chi connectivity index (χ1v) is 13.6. The highest BCUT2D eigenvalue weighted by Gasteiger charge is 2.35. The molecule has 42 heavy (non-hydrogen) atoms. The molecule has 12 heteroatoms.